The number of aliphatic hydroxyl groups is 1. The Kier molecular flexibility index (Phi) is 7.35. The Morgan fingerprint density at radius 2 is 1.59 bits per heavy atom. The number of carboxylic acids is 1. The van der Waals surface area contributed by atoms with Gasteiger partial charge < -0.3 is 25.7 Å². The first-order chi connectivity index (χ1) is 16.1. The molecule has 0 spiro atoms. The van der Waals surface area contributed by atoms with Crippen LogP contribution in [0.5, 0.6) is 0 Å². The van der Waals surface area contributed by atoms with E-state index < -0.39 is 47.1 Å². The van der Waals surface area contributed by atoms with E-state index in [9.17, 15) is 24.3 Å². The van der Waals surface area contributed by atoms with Crippen molar-refractivity contribution in [1.29, 1.82) is 0 Å². The van der Waals surface area contributed by atoms with Gasteiger partial charge in [-0.2, -0.15) is 0 Å². The number of aliphatic carboxylic acids is 1. The number of nitrogens with one attached hydrogen (secondary N) is 2. The third-order valence-electron chi connectivity index (χ3n) is 5.56. The molecule has 4 N–H and O–H groups in total. The zero-order valence-corrected chi connectivity index (χ0v) is 19.0. The van der Waals surface area contributed by atoms with Crippen LogP contribution in [0.15, 0.2) is 65.9 Å². The number of nitrogens with zero attached hydrogens (tertiary/aromatic N) is 1. The van der Waals surface area contributed by atoms with E-state index in [1.54, 1.807) is 13.8 Å². The van der Waals surface area contributed by atoms with E-state index in [0.29, 0.717) is 0 Å². The van der Waals surface area contributed by atoms with E-state index in [1.165, 1.54) is 4.90 Å². The predicted octanol–water partition coefficient (Wildman–Crippen LogP) is 1.99. The van der Waals surface area contributed by atoms with Crippen molar-refractivity contribution in [2.45, 2.75) is 32.4 Å². The topological polar surface area (TPSA) is 136 Å². The Labute approximate surface area is 197 Å². The molecule has 34 heavy (non-hydrogen) atoms. The quantitative estimate of drug-likeness (QED) is 0.440. The van der Waals surface area contributed by atoms with Gasteiger partial charge in [-0.25, -0.2) is 0 Å². The molecule has 0 radical (unpaired) electrons. The largest absolute Gasteiger partial charge is 0.511 e. The fourth-order valence-electron chi connectivity index (χ4n) is 3.73. The summed E-state index contributed by atoms with van der Waals surface area (Å²) in [7, 11) is 0. The molecule has 0 saturated heterocycles. The molecule has 9 nitrogen and oxygen atoms in total. The van der Waals surface area contributed by atoms with Crippen molar-refractivity contribution in [3.63, 3.8) is 0 Å². The Morgan fingerprint density at radius 3 is 2.21 bits per heavy atom. The van der Waals surface area contributed by atoms with E-state index in [1.807, 2.05) is 54.6 Å². The van der Waals surface area contributed by atoms with Crippen LogP contribution < -0.4 is 10.6 Å². The summed E-state index contributed by atoms with van der Waals surface area (Å²) < 4.78 is 0. The summed E-state index contributed by atoms with van der Waals surface area (Å²) >= 11 is 0. The first-order valence-electron chi connectivity index (χ1n) is 10.7. The van der Waals surface area contributed by atoms with Gasteiger partial charge in [0.1, 0.15) is 24.4 Å². The molecule has 2 aromatic rings. The second-order valence-corrected chi connectivity index (χ2v) is 8.62. The van der Waals surface area contributed by atoms with Crippen molar-refractivity contribution in [3.05, 3.63) is 71.5 Å². The highest BCUT2D eigenvalue weighted by Gasteiger charge is 2.43. The summed E-state index contributed by atoms with van der Waals surface area (Å²) in [6, 6.07) is 17.6. The third kappa shape index (κ3) is 5.80. The molecule has 1 aliphatic rings. The maximum Gasteiger partial charge on any atom is 0.322 e. The highest BCUT2D eigenvalue weighted by molar-refractivity contribution is 6.20. The lowest BCUT2D eigenvalue weighted by Crippen LogP contribution is -2.56. The fourth-order valence-corrected chi connectivity index (χ4v) is 3.73. The van der Waals surface area contributed by atoms with Crippen molar-refractivity contribution in [1.82, 2.24) is 15.5 Å². The lowest BCUT2D eigenvalue weighted by molar-refractivity contribution is -0.142. The fraction of sp³-hybridized carbons (Fsp3) is 0.280. The van der Waals surface area contributed by atoms with Gasteiger partial charge >= 0.3 is 5.97 Å². The van der Waals surface area contributed by atoms with Crippen LogP contribution in [0, 0.1) is 0 Å². The minimum atomic E-state index is -1.29. The molecular formula is C25H27N3O6. The minimum Gasteiger partial charge on any atom is -0.511 e. The number of rotatable bonds is 8. The van der Waals surface area contributed by atoms with Crippen LogP contribution in [-0.2, 0) is 25.7 Å². The average Bonchev–Trinajstić information content (AvgIpc) is 2.79. The SMILES string of the molecule is CC1(C)CC(O)=C(C(=O)NCC(=O)O)C(=O)N1CC(=O)NCc1ccc(-c2ccccc2)cc1. The smallest absolute Gasteiger partial charge is 0.322 e. The summed E-state index contributed by atoms with van der Waals surface area (Å²) in [6.07, 6.45) is -0.0528. The Bertz CT molecular complexity index is 1120. The summed E-state index contributed by atoms with van der Waals surface area (Å²) in [4.78, 5) is 49.7. The molecule has 0 aromatic heterocycles. The number of aliphatic hydroxyl groups excluding tert-OH is 1. The van der Waals surface area contributed by atoms with Crippen molar-refractivity contribution < 1.29 is 29.4 Å². The summed E-state index contributed by atoms with van der Waals surface area (Å²) in [6.45, 7) is 2.57. The maximum absolute atomic E-state index is 12.9. The molecule has 2 aromatic carbocycles. The van der Waals surface area contributed by atoms with Crippen molar-refractivity contribution in [2.24, 2.45) is 0 Å². The Morgan fingerprint density at radius 1 is 0.971 bits per heavy atom. The molecule has 3 amide bonds. The molecule has 3 rings (SSSR count). The molecule has 1 aliphatic heterocycles. The molecule has 0 saturated carbocycles. The van der Waals surface area contributed by atoms with Gasteiger partial charge in [0, 0.05) is 18.5 Å². The lowest BCUT2D eigenvalue weighted by Gasteiger charge is -2.41. The summed E-state index contributed by atoms with van der Waals surface area (Å²) in [5.41, 5.74) is 1.54. The van der Waals surface area contributed by atoms with Crippen molar-refractivity contribution in [3.8, 4) is 11.1 Å². The number of carbonyl (C=O) groups excluding carboxylic acids is 3. The first kappa shape index (κ1) is 24.5. The first-order valence-corrected chi connectivity index (χ1v) is 10.7. The van der Waals surface area contributed by atoms with E-state index in [2.05, 4.69) is 10.6 Å². The minimum absolute atomic E-state index is 0.0528. The van der Waals surface area contributed by atoms with Gasteiger partial charge in [-0.05, 0) is 30.5 Å². The second kappa shape index (κ2) is 10.2. The van der Waals surface area contributed by atoms with Crippen molar-refractivity contribution in [2.75, 3.05) is 13.1 Å². The third-order valence-corrected chi connectivity index (χ3v) is 5.56. The molecule has 9 heteroatoms. The number of amides is 3. The van der Waals surface area contributed by atoms with Gasteiger partial charge in [0.05, 0.1) is 0 Å². The van der Waals surface area contributed by atoms with Gasteiger partial charge in [-0.3, -0.25) is 19.2 Å². The number of carboxylic acid groups (broad SMARTS) is 1. The van der Waals surface area contributed by atoms with E-state index in [4.69, 9.17) is 5.11 Å². The average molecular weight is 466 g/mol. The monoisotopic (exact) mass is 465 g/mol. The van der Waals surface area contributed by atoms with Crippen molar-refractivity contribution >= 4 is 23.7 Å². The van der Waals surface area contributed by atoms with Gasteiger partial charge in [0.2, 0.25) is 5.91 Å². The standard InChI is InChI=1S/C25H27N3O6/c1-25(2)12-19(29)22(23(33)27-14-21(31)32)24(34)28(25)15-20(30)26-13-16-8-10-18(11-9-16)17-6-4-3-5-7-17/h3-11,29H,12-15H2,1-2H3,(H,26,30)(H,27,33)(H,31,32). The molecule has 0 aliphatic carbocycles. The van der Waals surface area contributed by atoms with E-state index in [0.717, 1.165) is 16.7 Å². The lowest BCUT2D eigenvalue weighted by atomic mass is 9.89. The highest BCUT2D eigenvalue weighted by Crippen LogP contribution is 2.31. The molecular weight excluding hydrogens is 438 g/mol. The van der Waals surface area contributed by atoms with Gasteiger partial charge in [0.25, 0.3) is 11.8 Å². The Hall–Kier alpha value is -4.14. The molecule has 0 bridgehead atoms. The second-order valence-electron chi connectivity index (χ2n) is 8.62. The molecule has 0 atom stereocenters. The van der Waals surface area contributed by atoms with Crippen LogP contribution in [0.4, 0.5) is 0 Å². The molecule has 0 fully saturated rings. The molecule has 178 valence electrons. The number of hydrogen-bond acceptors (Lipinski definition) is 5. The number of carbonyl (C=O) groups is 4. The molecule has 1 heterocycles. The normalized spacial score (nSPS) is 15.1. The predicted molar refractivity (Wildman–Crippen MR) is 124 cm³/mol. The van der Waals surface area contributed by atoms with Crippen LogP contribution in [0.1, 0.15) is 25.8 Å². The van der Waals surface area contributed by atoms with E-state index >= 15 is 0 Å². The summed E-state index contributed by atoms with van der Waals surface area (Å²) in [5.74, 6) is -3.98. The number of hydrogen-bond donors (Lipinski definition) is 4. The summed E-state index contributed by atoms with van der Waals surface area (Å²) in [5, 5.41) is 23.8. The zero-order chi connectivity index (χ0) is 24.9. The number of benzene rings is 2. The van der Waals surface area contributed by atoms with E-state index in [-0.39, 0.29) is 19.5 Å². The zero-order valence-electron chi connectivity index (χ0n) is 19.0. The van der Waals surface area contributed by atoms with Gasteiger partial charge in [-0.15, -0.1) is 0 Å². The van der Waals surface area contributed by atoms with Crippen LogP contribution in [0.2, 0.25) is 0 Å². The highest BCUT2D eigenvalue weighted by atomic mass is 16.4. The van der Waals surface area contributed by atoms with Crippen LogP contribution in [-0.4, -0.2) is 57.4 Å². The van der Waals surface area contributed by atoms with Crippen LogP contribution in [0.3, 0.4) is 0 Å². The van der Waals surface area contributed by atoms with Crippen LogP contribution in [0.25, 0.3) is 11.1 Å². The molecule has 0 unspecified atom stereocenters. The van der Waals surface area contributed by atoms with Gasteiger partial charge in [0.15, 0.2) is 0 Å². The Balaban J connectivity index is 1.63. The van der Waals surface area contributed by atoms with Crippen LogP contribution >= 0.6 is 0 Å². The van der Waals surface area contributed by atoms with Gasteiger partial charge in [-0.1, -0.05) is 54.6 Å². The maximum atomic E-state index is 12.9.